The van der Waals surface area contributed by atoms with Crippen LogP contribution in [0.2, 0.25) is 0 Å². The van der Waals surface area contributed by atoms with Gasteiger partial charge in [-0.05, 0) is 23.3 Å². The molecule has 2 aromatic rings. The minimum Gasteiger partial charge on any atom is -0.493 e. The smallest absolute Gasteiger partial charge is 0.127 e. The molecule has 2 aromatic carbocycles. The van der Waals surface area contributed by atoms with Crippen LogP contribution in [0.3, 0.4) is 0 Å². The third kappa shape index (κ3) is 2.21. The summed E-state index contributed by atoms with van der Waals surface area (Å²) in [6.45, 7) is 0.785. The fraction of sp³-hybridized carbons (Fsp3) is 0.200. The molecule has 0 aromatic heterocycles. The summed E-state index contributed by atoms with van der Waals surface area (Å²) in [6, 6.07) is 14.7. The number of rotatable bonds is 2. The molecule has 0 saturated carbocycles. The zero-order chi connectivity index (χ0) is 12.5. The zero-order valence-electron chi connectivity index (χ0n) is 9.70. The summed E-state index contributed by atoms with van der Waals surface area (Å²) in [6.07, 6.45) is 0.996. The van der Waals surface area contributed by atoms with Crippen LogP contribution >= 0.6 is 31.9 Å². The highest BCUT2D eigenvalue weighted by atomic mass is 79.9. The lowest BCUT2D eigenvalue weighted by Crippen LogP contribution is -1.97. The molecule has 1 atom stereocenters. The van der Waals surface area contributed by atoms with E-state index < -0.39 is 0 Å². The third-order valence-corrected chi connectivity index (χ3v) is 4.62. The number of hydrogen-bond donors (Lipinski definition) is 0. The van der Waals surface area contributed by atoms with Crippen molar-refractivity contribution in [3.8, 4) is 5.75 Å². The van der Waals surface area contributed by atoms with Gasteiger partial charge in [-0.1, -0.05) is 62.2 Å². The molecule has 0 spiro atoms. The highest BCUT2D eigenvalue weighted by molar-refractivity contribution is 9.10. The van der Waals surface area contributed by atoms with Crippen LogP contribution < -0.4 is 4.74 Å². The molecular weight excluding hydrogens is 356 g/mol. The van der Waals surface area contributed by atoms with Gasteiger partial charge in [0.2, 0.25) is 0 Å². The molecule has 1 nitrogen and oxygen atoms in total. The van der Waals surface area contributed by atoms with Gasteiger partial charge in [-0.3, -0.25) is 0 Å². The zero-order valence-corrected chi connectivity index (χ0v) is 12.9. The Bertz CT molecular complexity index is 566. The summed E-state index contributed by atoms with van der Waals surface area (Å²) < 4.78 is 6.89. The van der Waals surface area contributed by atoms with E-state index >= 15 is 0 Å². The van der Waals surface area contributed by atoms with Crippen LogP contribution in [0, 0.1) is 0 Å². The third-order valence-electron chi connectivity index (χ3n) is 3.14. The quantitative estimate of drug-likeness (QED) is 0.688. The second-order valence-electron chi connectivity index (χ2n) is 4.35. The Morgan fingerprint density at radius 2 is 1.89 bits per heavy atom. The van der Waals surface area contributed by atoms with Gasteiger partial charge >= 0.3 is 0 Å². The lowest BCUT2D eigenvalue weighted by Gasteiger charge is -2.15. The molecule has 18 heavy (non-hydrogen) atoms. The standard InChI is InChI=1S/C15H12Br2O/c16-12-8-11-6-7-18-15(11)13(9-12)14(17)10-4-2-1-3-5-10/h1-5,8-9,14H,6-7H2. The Balaban J connectivity index is 2.07. The Hall–Kier alpha value is -0.800. The summed E-state index contributed by atoms with van der Waals surface area (Å²) in [7, 11) is 0. The van der Waals surface area contributed by atoms with Gasteiger partial charge in [0.15, 0.2) is 0 Å². The van der Waals surface area contributed by atoms with Gasteiger partial charge in [-0.2, -0.15) is 0 Å². The lowest BCUT2D eigenvalue weighted by atomic mass is 10.0. The van der Waals surface area contributed by atoms with Crippen LogP contribution in [-0.4, -0.2) is 6.61 Å². The van der Waals surface area contributed by atoms with Gasteiger partial charge in [-0.15, -0.1) is 0 Å². The van der Waals surface area contributed by atoms with E-state index in [4.69, 9.17) is 4.74 Å². The van der Waals surface area contributed by atoms with Crippen molar-refractivity contribution in [1.82, 2.24) is 0 Å². The van der Waals surface area contributed by atoms with Crippen molar-refractivity contribution < 1.29 is 4.74 Å². The van der Waals surface area contributed by atoms with Crippen molar-refractivity contribution in [3.05, 3.63) is 63.6 Å². The van der Waals surface area contributed by atoms with Crippen LogP contribution in [0.25, 0.3) is 0 Å². The number of alkyl halides is 1. The molecule has 0 N–H and O–H groups in total. The highest BCUT2D eigenvalue weighted by Gasteiger charge is 2.22. The van der Waals surface area contributed by atoms with Crippen LogP contribution in [0.15, 0.2) is 46.9 Å². The maximum absolute atomic E-state index is 5.78. The van der Waals surface area contributed by atoms with Crippen LogP contribution in [0.1, 0.15) is 21.5 Å². The SMILES string of the molecule is Brc1cc2c(c(C(Br)c3ccccc3)c1)OCC2. The molecule has 0 saturated heterocycles. The van der Waals surface area contributed by atoms with Crippen molar-refractivity contribution in [1.29, 1.82) is 0 Å². The predicted molar refractivity (Wildman–Crippen MR) is 80.6 cm³/mol. The molecular formula is C15H12Br2O. The molecule has 92 valence electrons. The number of ether oxygens (including phenoxy) is 1. The van der Waals surface area contributed by atoms with E-state index in [2.05, 4.69) is 68.3 Å². The molecule has 3 heteroatoms. The van der Waals surface area contributed by atoms with Crippen LogP contribution in [-0.2, 0) is 6.42 Å². The maximum atomic E-state index is 5.78. The largest absolute Gasteiger partial charge is 0.493 e. The van der Waals surface area contributed by atoms with Gasteiger partial charge in [0.1, 0.15) is 5.75 Å². The molecule has 1 aliphatic rings. The molecule has 0 aliphatic carbocycles. The van der Waals surface area contributed by atoms with Crippen molar-refractivity contribution in [3.63, 3.8) is 0 Å². The Morgan fingerprint density at radius 3 is 2.67 bits per heavy atom. The monoisotopic (exact) mass is 366 g/mol. The van der Waals surface area contributed by atoms with E-state index in [0.29, 0.717) is 0 Å². The van der Waals surface area contributed by atoms with E-state index in [9.17, 15) is 0 Å². The molecule has 0 radical (unpaired) electrons. The van der Waals surface area contributed by atoms with E-state index in [1.165, 1.54) is 16.7 Å². The molecule has 1 aliphatic heterocycles. The second-order valence-corrected chi connectivity index (χ2v) is 6.19. The van der Waals surface area contributed by atoms with Gasteiger partial charge in [0.25, 0.3) is 0 Å². The fourth-order valence-corrected chi connectivity index (χ4v) is 3.46. The highest BCUT2D eigenvalue weighted by Crippen LogP contribution is 2.42. The normalized spacial score (nSPS) is 15.0. The summed E-state index contributed by atoms with van der Waals surface area (Å²) in [5.74, 6) is 1.05. The number of hydrogen-bond acceptors (Lipinski definition) is 1. The predicted octanol–water partition coefficient (Wildman–Crippen LogP) is 4.87. The van der Waals surface area contributed by atoms with E-state index in [1.807, 2.05) is 6.07 Å². The Morgan fingerprint density at radius 1 is 1.11 bits per heavy atom. The van der Waals surface area contributed by atoms with Gasteiger partial charge < -0.3 is 4.74 Å². The number of fused-ring (bicyclic) bond motifs is 1. The number of benzene rings is 2. The average molecular weight is 368 g/mol. The summed E-state index contributed by atoms with van der Waals surface area (Å²) in [5, 5.41) is 0. The molecule has 0 amide bonds. The molecule has 0 bridgehead atoms. The number of halogens is 2. The first-order valence-electron chi connectivity index (χ1n) is 5.90. The molecule has 3 rings (SSSR count). The van der Waals surface area contributed by atoms with Crippen LogP contribution in [0.4, 0.5) is 0 Å². The van der Waals surface area contributed by atoms with Crippen molar-refractivity contribution in [2.75, 3.05) is 6.61 Å². The van der Waals surface area contributed by atoms with Gasteiger partial charge in [0, 0.05) is 16.5 Å². The fourth-order valence-electron chi connectivity index (χ4n) is 2.29. The molecule has 1 unspecified atom stereocenters. The maximum Gasteiger partial charge on any atom is 0.127 e. The van der Waals surface area contributed by atoms with E-state index in [-0.39, 0.29) is 4.83 Å². The van der Waals surface area contributed by atoms with Gasteiger partial charge in [0.05, 0.1) is 11.4 Å². The minimum absolute atomic E-state index is 0.169. The van der Waals surface area contributed by atoms with E-state index in [0.717, 1.165) is 23.2 Å². The Labute approximate surface area is 123 Å². The van der Waals surface area contributed by atoms with Gasteiger partial charge in [-0.25, -0.2) is 0 Å². The first kappa shape index (κ1) is 12.2. The van der Waals surface area contributed by atoms with Crippen molar-refractivity contribution in [2.24, 2.45) is 0 Å². The lowest BCUT2D eigenvalue weighted by molar-refractivity contribution is 0.354. The molecule has 1 heterocycles. The van der Waals surface area contributed by atoms with Crippen LogP contribution in [0.5, 0.6) is 5.75 Å². The second kappa shape index (κ2) is 5.06. The average Bonchev–Trinajstić information content (AvgIpc) is 2.86. The Kier molecular flexibility index (Phi) is 3.44. The van der Waals surface area contributed by atoms with Crippen molar-refractivity contribution >= 4 is 31.9 Å². The molecule has 0 fully saturated rings. The van der Waals surface area contributed by atoms with E-state index in [1.54, 1.807) is 0 Å². The first-order valence-corrected chi connectivity index (χ1v) is 7.60. The first-order chi connectivity index (χ1) is 8.75. The topological polar surface area (TPSA) is 9.23 Å². The van der Waals surface area contributed by atoms with Crippen molar-refractivity contribution in [2.45, 2.75) is 11.2 Å². The summed E-state index contributed by atoms with van der Waals surface area (Å²) >= 11 is 7.36. The summed E-state index contributed by atoms with van der Waals surface area (Å²) in [5.41, 5.74) is 3.73. The summed E-state index contributed by atoms with van der Waals surface area (Å²) in [4.78, 5) is 0.169. The minimum atomic E-state index is 0.169.